The van der Waals surface area contributed by atoms with Crippen molar-refractivity contribution in [3.8, 4) is 85.9 Å². The Balaban J connectivity index is 0.000000231. The van der Waals surface area contributed by atoms with Crippen molar-refractivity contribution in [3.63, 3.8) is 0 Å². The van der Waals surface area contributed by atoms with E-state index >= 15 is 0 Å². The molecule has 0 saturated carbocycles. The van der Waals surface area contributed by atoms with Gasteiger partial charge in [0.25, 0.3) is 0 Å². The van der Waals surface area contributed by atoms with Gasteiger partial charge in [-0.3, -0.25) is 0 Å². The van der Waals surface area contributed by atoms with Gasteiger partial charge in [0.05, 0.1) is 22.4 Å². The van der Waals surface area contributed by atoms with Crippen LogP contribution in [0.4, 0.5) is 52.7 Å². The monoisotopic (exact) mass is 1700 g/mol. The summed E-state index contributed by atoms with van der Waals surface area (Å²) < 4.78 is 168. The molecule has 0 aliphatic heterocycles. The Hall–Kier alpha value is -10.5. The van der Waals surface area contributed by atoms with E-state index in [0.717, 1.165) is 64.0 Å². The second-order valence-electron chi connectivity index (χ2n) is 29.7. The molecule has 0 saturated heterocycles. The maximum absolute atomic E-state index is 13.2. The molecule has 0 aliphatic carbocycles. The minimum Gasteiger partial charge on any atom is -0.508 e. The third-order valence-electron chi connectivity index (χ3n) is 17.9. The van der Waals surface area contributed by atoms with Crippen LogP contribution in [0.25, 0.3) is 11.1 Å². The smallest absolute Gasteiger partial charge is 0.421 e. The van der Waals surface area contributed by atoms with Crippen LogP contribution in [0.2, 0.25) is 0 Å². The number of alkyl halides is 12. The number of hydrogen-bond acceptors (Lipinski definition) is 21. The number of hydrogen-bond donors (Lipinski definition) is 17. The van der Waals surface area contributed by atoms with Gasteiger partial charge in [0.2, 0.25) is 0 Å². The van der Waals surface area contributed by atoms with E-state index in [-0.39, 0.29) is 73.8 Å². The highest BCUT2D eigenvalue weighted by molar-refractivity contribution is 7.99. The van der Waals surface area contributed by atoms with Gasteiger partial charge < -0.3 is 96.3 Å². The molecule has 33 heteroatoms. The maximum Gasteiger partial charge on any atom is 0.421 e. The summed E-state index contributed by atoms with van der Waals surface area (Å²) in [5, 5.41) is 166. The summed E-state index contributed by atoms with van der Waals surface area (Å²) in [4.78, 5) is 2.80. The van der Waals surface area contributed by atoms with E-state index in [1.54, 1.807) is 88.4 Å². The molecule has 10 aromatic carbocycles. The SMILES string of the molecule is CC(C)(O)c1cc(Oc2ccc(O)c(C(C)(O)C(F)(F)F)c2)ccc1O.CC(C)(O)c1cc(Oc2ccc(O)cc2)ccc1O.CC(C)(O)c1cc(Sc2ccc(O)c(C(C)(O)C(F)(F)F)c2)ccc1O.CC(C)(O)c1cc(Sc2ccc(O)cc2)ccc1O.Cc1ccc(-c2ccc(O)c(C(C)(O)C(F)(F)F)c2)cc1C(C)(O)C(F)(F)F. The van der Waals surface area contributed by atoms with Crippen molar-refractivity contribution in [1.82, 2.24) is 0 Å². The zero-order valence-corrected chi connectivity index (χ0v) is 66.9. The second kappa shape index (κ2) is 36.0. The normalized spacial score (nSPS) is 14.3. The quantitative estimate of drug-likeness (QED) is 0.0377. The highest BCUT2D eigenvalue weighted by Crippen LogP contribution is 2.50. The summed E-state index contributed by atoms with van der Waals surface area (Å²) >= 11 is 2.57. The van der Waals surface area contributed by atoms with Crippen LogP contribution in [0.5, 0.6) is 74.7 Å². The fourth-order valence-electron chi connectivity index (χ4n) is 10.8. The van der Waals surface area contributed by atoms with Crippen LogP contribution in [-0.4, -0.2) is 112 Å². The van der Waals surface area contributed by atoms with Gasteiger partial charge in [-0.15, -0.1) is 0 Å². The molecule has 19 nitrogen and oxygen atoms in total. The van der Waals surface area contributed by atoms with Crippen molar-refractivity contribution in [3.05, 3.63) is 244 Å². The van der Waals surface area contributed by atoms with E-state index in [4.69, 9.17) is 9.47 Å². The predicted molar refractivity (Wildman–Crippen MR) is 415 cm³/mol. The first-order valence-corrected chi connectivity index (χ1v) is 36.6. The molecule has 17 N–H and O–H groups in total. The Bertz CT molecular complexity index is 4800. The third-order valence-corrected chi connectivity index (χ3v) is 19.9. The minimum atomic E-state index is -5.10. The van der Waals surface area contributed by atoms with Gasteiger partial charge in [-0.05, 0) is 288 Å². The lowest BCUT2D eigenvalue weighted by molar-refractivity contribution is -0.259. The predicted octanol–water partition coefficient (Wildman–Crippen LogP) is 19.6. The van der Waals surface area contributed by atoms with E-state index in [1.165, 1.54) is 125 Å². The summed E-state index contributed by atoms with van der Waals surface area (Å²) in [6.07, 6.45) is -20.0. The molecule has 0 aliphatic rings. The Morgan fingerprint density at radius 2 is 0.441 bits per heavy atom. The van der Waals surface area contributed by atoms with E-state index in [1.807, 2.05) is 12.1 Å². The van der Waals surface area contributed by atoms with Gasteiger partial charge in [-0.1, -0.05) is 41.7 Å². The van der Waals surface area contributed by atoms with Crippen LogP contribution < -0.4 is 9.47 Å². The molecule has 4 atom stereocenters. The molecular weight excluding hydrogens is 1620 g/mol. The fraction of sp³-hybridized carbons (Fsp3) is 0.294. The van der Waals surface area contributed by atoms with Gasteiger partial charge in [0, 0.05) is 58.5 Å². The van der Waals surface area contributed by atoms with Crippen LogP contribution >= 0.6 is 23.5 Å². The van der Waals surface area contributed by atoms with Gasteiger partial charge >= 0.3 is 24.7 Å². The first-order valence-electron chi connectivity index (χ1n) is 35.0. The molecule has 118 heavy (non-hydrogen) atoms. The average Bonchev–Trinajstić information content (AvgIpc) is 0.765. The number of benzene rings is 10. The topological polar surface area (TPSA) is 362 Å². The largest absolute Gasteiger partial charge is 0.508 e. The van der Waals surface area contributed by atoms with Crippen LogP contribution in [0.15, 0.2) is 214 Å². The number of rotatable bonds is 17. The van der Waals surface area contributed by atoms with E-state index < -0.39 is 109 Å². The molecule has 0 heterocycles. The maximum atomic E-state index is 13.2. The average molecular weight is 1710 g/mol. The summed E-state index contributed by atoms with van der Waals surface area (Å²) in [6, 6.07) is 44.7. The number of phenols is 9. The summed E-state index contributed by atoms with van der Waals surface area (Å²) in [7, 11) is 0. The zero-order chi connectivity index (χ0) is 89.6. The molecule has 0 spiro atoms. The highest BCUT2D eigenvalue weighted by atomic mass is 32.2. The lowest BCUT2D eigenvalue weighted by Gasteiger charge is -2.29. The number of aromatic hydroxyl groups is 9. The molecule has 638 valence electrons. The molecule has 0 amide bonds. The number of aryl methyl sites for hydroxylation is 1. The number of halogens is 12. The molecular formula is C85H88F12O19S2. The van der Waals surface area contributed by atoms with Crippen molar-refractivity contribution < 1.29 is 149 Å². The van der Waals surface area contributed by atoms with Gasteiger partial charge in [-0.25, -0.2) is 0 Å². The summed E-state index contributed by atoms with van der Waals surface area (Å²) in [5.74, 6) is -0.869. The Labute approximate surface area is 678 Å². The lowest BCUT2D eigenvalue weighted by atomic mass is 9.87. The van der Waals surface area contributed by atoms with Crippen LogP contribution in [0, 0.1) is 6.92 Å². The molecule has 10 aromatic rings. The molecule has 0 radical (unpaired) electrons. The minimum absolute atomic E-state index is 0.0190. The highest BCUT2D eigenvalue weighted by Gasteiger charge is 2.55. The van der Waals surface area contributed by atoms with Crippen LogP contribution in [0.1, 0.15) is 133 Å². The van der Waals surface area contributed by atoms with Gasteiger partial charge in [-0.2, -0.15) is 52.7 Å². The molecule has 0 aromatic heterocycles. The van der Waals surface area contributed by atoms with Crippen LogP contribution in [-0.2, 0) is 44.8 Å². The first-order chi connectivity index (χ1) is 53.7. The van der Waals surface area contributed by atoms with Crippen molar-refractivity contribution in [1.29, 1.82) is 0 Å². The van der Waals surface area contributed by atoms with Crippen molar-refractivity contribution >= 4 is 23.5 Å². The zero-order valence-electron chi connectivity index (χ0n) is 65.2. The molecule has 10 rings (SSSR count). The van der Waals surface area contributed by atoms with Gasteiger partial charge in [0.15, 0.2) is 22.4 Å². The summed E-state index contributed by atoms with van der Waals surface area (Å²) in [6.45, 7) is 15.8. The number of aliphatic hydroxyl groups is 8. The second-order valence-corrected chi connectivity index (χ2v) is 32.0. The molecule has 0 fully saturated rings. The Morgan fingerprint density at radius 1 is 0.229 bits per heavy atom. The number of ether oxygens (including phenoxy) is 2. The Morgan fingerprint density at radius 3 is 0.771 bits per heavy atom. The van der Waals surface area contributed by atoms with E-state index in [2.05, 4.69) is 0 Å². The summed E-state index contributed by atoms with van der Waals surface area (Å²) in [5.41, 5.74) is -19.1. The molecule has 0 bridgehead atoms. The van der Waals surface area contributed by atoms with Crippen molar-refractivity contribution in [2.75, 3.05) is 0 Å². The van der Waals surface area contributed by atoms with Crippen LogP contribution in [0.3, 0.4) is 0 Å². The first kappa shape index (κ1) is 96.4. The lowest BCUT2D eigenvalue weighted by Crippen LogP contribution is -2.39. The van der Waals surface area contributed by atoms with Crippen molar-refractivity contribution in [2.24, 2.45) is 0 Å². The van der Waals surface area contributed by atoms with Gasteiger partial charge in [0.1, 0.15) is 74.7 Å². The van der Waals surface area contributed by atoms with Crippen molar-refractivity contribution in [2.45, 2.75) is 179 Å². The van der Waals surface area contributed by atoms with E-state index in [9.17, 15) is 139 Å². The standard InChI is InChI=1S/C19H18F6O3.C18H19F3O5.C18H19F3O4S.C15H16O4.C15H16O3S/c1-10-4-5-11(8-13(10)16(2,27)18(20,21)22)12-6-7-15(26)14(9-12)17(3,28)19(23,24)25;2*1-16(2,24)12-8-10(4-6-14(12)22)26-11-5-7-15(23)13(9-11)17(3,25)18(19,20)21;2*1-15(2,18)13-9-12(7-8-14(13)17)19-11-5-3-10(16)4-6-11/h4-9,26-28H,1-3H3;2*4-9,22-25H,1-3H3;2*3-9,16-18H,1-2H3. The Kier molecular flexibility index (Phi) is 29.4. The third kappa shape index (κ3) is 24.4. The molecule has 4 unspecified atom stereocenters. The number of phenolic OH excluding ortho intramolecular Hbond substituents is 9. The van der Waals surface area contributed by atoms with E-state index in [0.29, 0.717) is 60.1 Å². The fourth-order valence-corrected chi connectivity index (χ4v) is 12.6.